The Morgan fingerprint density at radius 1 is 0.971 bits per heavy atom. The van der Waals surface area contributed by atoms with Crippen LogP contribution in [-0.2, 0) is 22.6 Å². The number of rotatable bonds is 9. The minimum absolute atomic E-state index is 0.100. The Balaban J connectivity index is 1.79. The fourth-order valence-electron chi connectivity index (χ4n) is 4.59. The topological polar surface area (TPSA) is 85.0 Å². The molecule has 0 aromatic heterocycles. The lowest BCUT2D eigenvalue weighted by Crippen LogP contribution is -2.61. The molecule has 1 atom stereocenters. The number of carboxylic acids is 1. The highest BCUT2D eigenvalue weighted by Gasteiger charge is 2.50. The van der Waals surface area contributed by atoms with Crippen molar-refractivity contribution in [3.05, 3.63) is 95.6 Å². The standard InChI is InChI=1S/C27H28F2N2O4/c28-21-11-12-22(30)24(23(21)29)35-27(13-15-34-16-14-27)25(26(32)33)31(17-19-7-3-1-4-8-19)18-20-9-5-2-6-10-20/h1-12,25H,13-18,30H2,(H,32,33). The Kier molecular flexibility index (Phi) is 7.63. The van der Waals surface area contributed by atoms with E-state index < -0.39 is 35.0 Å². The first kappa shape index (κ1) is 24.6. The Hall–Kier alpha value is -3.49. The third-order valence-corrected chi connectivity index (χ3v) is 6.28. The number of ether oxygens (including phenoxy) is 2. The lowest BCUT2D eigenvalue weighted by molar-refractivity contribution is -0.162. The van der Waals surface area contributed by atoms with Gasteiger partial charge in [0.1, 0.15) is 11.6 Å². The second-order valence-electron chi connectivity index (χ2n) is 8.68. The second kappa shape index (κ2) is 10.8. The van der Waals surface area contributed by atoms with Gasteiger partial charge >= 0.3 is 5.97 Å². The van der Waals surface area contributed by atoms with Crippen LogP contribution in [-0.4, -0.2) is 40.8 Å². The van der Waals surface area contributed by atoms with Crippen LogP contribution in [0.15, 0.2) is 72.8 Å². The molecule has 0 spiro atoms. The first-order valence-electron chi connectivity index (χ1n) is 11.4. The zero-order valence-corrected chi connectivity index (χ0v) is 19.2. The third kappa shape index (κ3) is 5.61. The highest BCUT2D eigenvalue weighted by Crippen LogP contribution is 2.39. The van der Waals surface area contributed by atoms with E-state index in [4.69, 9.17) is 15.2 Å². The van der Waals surface area contributed by atoms with Gasteiger partial charge in [0.2, 0.25) is 5.82 Å². The molecule has 1 heterocycles. The summed E-state index contributed by atoms with van der Waals surface area (Å²) >= 11 is 0. The molecule has 1 aliphatic heterocycles. The highest BCUT2D eigenvalue weighted by atomic mass is 19.2. The van der Waals surface area contributed by atoms with Gasteiger partial charge in [0, 0.05) is 25.9 Å². The van der Waals surface area contributed by atoms with Gasteiger partial charge in [-0.25, -0.2) is 4.39 Å². The number of hydrogen-bond donors (Lipinski definition) is 2. The normalized spacial score (nSPS) is 16.1. The Labute approximate surface area is 202 Å². The summed E-state index contributed by atoms with van der Waals surface area (Å²) < 4.78 is 40.5. The van der Waals surface area contributed by atoms with Crippen LogP contribution >= 0.6 is 0 Å². The van der Waals surface area contributed by atoms with Crippen LogP contribution in [0.2, 0.25) is 0 Å². The first-order valence-corrected chi connectivity index (χ1v) is 11.4. The van der Waals surface area contributed by atoms with E-state index in [0.29, 0.717) is 13.1 Å². The number of benzene rings is 3. The lowest BCUT2D eigenvalue weighted by Gasteiger charge is -2.46. The van der Waals surface area contributed by atoms with Crippen molar-refractivity contribution in [1.82, 2.24) is 4.90 Å². The molecule has 0 bridgehead atoms. The molecule has 0 radical (unpaired) electrons. The molecule has 3 aromatic rings. The first-order chi connectivity index (χ1) is 16.9. The zero-order valence-electron chi connectivity index (χ0n) is 19.2. The largest absolute Gasteiger partial charge is 0.480 e. The average molecular weight is 483 g/mol. The van der Waals surface area contributed by atoms with Crippen molar-refractivity contribution < 1.29 is 28.2 Å². The Morgan fingerprint density at radius 3 is 2.03 bits per heavy atom. The summed E-state index contributed by atoms with van der Waals surface area (Å²) in [6.07, 6.45) is 0.332. The van der Waals surface area contributed by atoms with Gasteiger partial charge in [-0.1, -0.05) is 60.7 Å². The molecule has 0 aliphatic carbocycles. The summed E-state index contributed by atoms with van der Waals surface area (Å²) in [4.78, 5) is 14.7. The molecule has 35 heavy (non-hydrogen) atoms. The lowest BCUT2D eigenvalue weighted by atomic mass is 9.84. The number of anilines is 1. The summed E-state index contributed by atoms with van der Waals surface area (Å²) in [5.74, 6) is -3.96. The third-order valence-electron chi connectivity index (χ3n) is 6.28. The molecule has 4 rings (SSSR count). The van der Waals surface area contributed by atoms with Crippen molar-refractivity contribution in [2.45, 2.75) is 37.6 Å². The summed E-state index contributed by atoms with van der Waals surface area (Å²) in [6.45, 7) is 1.04. The number of hydrogen-bond acceptors (Lipinski definition) is 5. The van der Waals surface area contributed by atoms with Crippen LogP contribution < -0.4 is 10.5 Å². The quantitative estimate of drug-likeness (QED) is 0.433. The van der Waals surface area contributed by atoms with E-state index in [1.165, 1.54) is 6.07 Å². The van der Waals surface area contributed by atoms with Crippen LogP contribution in [0.1, 0.15) is 24.0 Å². The van der Waals surface area contributed by atoms with Gasteiger partial charge in [-0.15, -0.1) is 0 Å². The molecule has 0 saturated carbocycles. The molecule has 8 heteroatoms. The molecule has 3 aromatic carbocycles. The van der Waals surface area contributed by atoms with Crippen molar-refractivity contribution in [1.29, 1.82) is 0 Å². The van der Waals surface area contributed by atoms with Crippen LogP contribution in [0, 0.1) is 11.6 Å². The van der Waals surface area contributed by atoms with Gasteiger partial charge in [0.05, 0.1) is 18.9 Å². The molecule has 1 aliphatic rings. The van der Waals surface area contributed by atoms with E-state index >= 15 is 0 Å². The van der Waals surface area contributed by atoms with E-state index in [1.54, 1.807) is 4.90 Å². The summed E-state index contributed by atoms with van der Waals surface area (Å²) in [5.41, 5.74) is 6.26. The Bertz CT molecular complexity index is 1100. The minimum Gasteiger partial charge on any atom is -0.480 e. The molecule has 1 unspecified atom stereocenters. The van der Waals surface area contributed by atoms with Gasteiger partial charge in [0.15, 0.2) is 11.6 Å². The summed E-state index contributed by atoms with van der Waals surface area (Å²) in [7, 11) is 0. The van der Waals surface area contributed by atoms with E-state index in [0.717, 1.165) is 17.2 Å². The smallest absolute Gasteiger partial charge is 0.325 e. The number of nitrogens with zero attached hydrogens (tertiary/aromatic N) is 1. The maximum absolute atomic E-state index is 14.8. The monoisotopic (exact) mass is 482 g/mol. The number of halogens is 2. The number of nitrogen functional groups attached to an aromatic ring is 1. The number of aliphatic carboxylic acids is 1. The minimum atomic E-state index is -1.41. The van der Waals surface area contributed by atoms with E-state index in [-0.39, 0.29) is 31.7 Å². The van der Waals surface area contributed by atoms with Crippen LogP contribution in [0.4, 0.5) is 14.5 Å². The van der Waals surface area contributed by atoms with Crippen LogP contribution in [0.25, 0.3) is 0 Å². The van der Waals surface area contributed by atoms with Crippen LogP contribution in [0.3, 0.4) is 0 Å². The molecule has 184 valence electrons. The van der Waals surface area contributed by atoms with Gasteiger partial charge in [-0.2, -0.15) is 4.39 Å². The molecule has 3 N–H and O–H groups in total. The van der Waals surface area contributed by atoms with Crippen molar-refractivity contribution in [3.8, 4) is 5.75 Å². The van der Waals surface area contributed by atoms with E-state index in [2.05, 4.69) is 0 Å². The molecule has 1 saturated heterocycles. The number of nitrogens with two attached hydrogens (primary N) is 1. The number of carbonyl (C=O) groups is 1. The molecular formula is C27H28F2N2O4. The Morgan fingerprint density at radius 2 is 1.51 bits per heavy atom. The van der Waals surface area contributed by atoms with E-state index in [9.17, 15) is 18.7 Å². The average Bonchev–Trinajstić information content (AvgIpc) is 2.86. The van der Waals surface area contributed by atoms with Crippen molar-refractivity contribution >= 4 is 11.7 Å². The van der Waals surface area contributed by atoms with Gasteiger partial charge in [0.25, 0.3) is 0 Å². The number of carboxylic acid groups (broad SMARTS) is 1. The molecular weight excluding hydrogens is 454 g/mol. The fourth-order valence-corrected chi connectivity index (χ4v) is 4.59. The summed E-state index contributed by atoms with van der Waals surface area (Å²) in [6, 6.07) is 19.9. The molecule has 6 nitrogen and oxygen atoms in total. The second-order valence-corrected chi connectivity index (χ2v) is 8.68. The predicted octanol–water partition coefficient (Wildman–Crippen LogP) is 4.63. The highest BCUT2D eigenvalue weighted by molar-refractivity contribution is 5.75. The van der Waals surface area contributed by atoms with Gasteiger partial charge < -0.3 is 20.3 Å². The van der Waals surface area contributed by atoms with Gasteiger partial charge in [-0.3, -0.25) is 9.69 Å². The van der Waals surface area contributed by atoms with Crippen molar-refractivity contribution in [2.24, 2.45) is 0 Å². The SMILES string of the molecule is Nc1ccc(F)c(F)c1OC1(C(C(=O)O)N(Cc2ccccc2)Cc2ccccc2)CCOCC1. The zero-order chi connectivity index (χ0) is 24.8. The fraction of sp³-hybridized carbons (Fsp3) is 0.296. The van der Waals surface area contributed by atoms with Crippen molar-refractivity contribution in [3.63, 3.8) is 0 Å². The summed E-state index contributed by atoms with van der Waals surface area (Å²) in [5, 5.41) is 10.5. The van der Waals surface area contributed by atoms with Gasteiger partial charge in [-0.05, 0) is 23.3 Å². The maximum atomic E-state index is 14.8. The molecule has 1 fully saturated rings. The van der Waals surface area contributed by atoms with Crippen LogP contribution in [0.5, 0.6) is 5.75 Å². The molecule has 0 amide bonds. The van der Waals surface area contributed by atoms with Crippen molar-refractivity contribution in [2.75, 3.05) is 18.9 Å². The predicted molar refractivity (Wildman–Crippen MR) is 128 cm³/mol. The van der Waals surface area contributed by atoms with E-state index in [1.807, 2.05) is 60.7 Å². The maximum Gasteiger partial charge on any atom is 0.325 e.